The molecule has 0 aromatic rings. The number of rotatable bonds is 3. The summed E-state index contributed by atoms with van der Waals surface area (Å²) in [4.78, 5) is 23.8. The van der Waals surface area contributed by atoms with Crippen molar-refractivity contribution in [3.8, 4) is 0 Å². The summed E-state index contributed by atoms with van der Waals surface area (Å²) in [5.74, 6) is -0.386. The Morgan fingerprint density at radius 1 is 1.21 bits per heavy atom. The lowest BCUT2D eigenvalue weighted by Crippen LogP contribution is -2.53. The second-order valence-electron chi connectivity index (χ2n) is 6.41. The molecule has 5 heteroatoms. The predicted molar refractivity (Wildman–Crippen MR) is 73.5 cm³/mol. The Bertz CT molecular complexity index is 336. The van der Waals surface area contributed by atoms with Crippen molar-refractivity contribution >= 4 is 11.8 Å². The lowest BCUT2D eigenvalue weighted by molar-refractivity contribution is -0.133. The van der Waals surface area contributed by atoms with Gasteiger partial charge in [-0.15, -0.1) is 0 Å². The van der Waals surface area contributed by atoms with Gasteiger partial charge in [-0.25, -0.2) is 0 Å². The lowest BCUT2D eigenvalue weighted by atomic mass is 9.92. The zero-order chi connectivity index (χ0) is 14.6. The van der Waals surface area contributed by atoms with Gasteiger partial charge in [0.25, 0.3) is 0 Å². The summed E-state index contributed by atoms with van der Waals surface area (Å²) in [6.45, 7) is 7.07. The van der Waals surface area contributed by atoms with E-state index in [-0.39, 0.29) is 17.9 Å². The van der Waals surface area contributed by atoms with Crippen LogP contribution in [-0.2, 0) is 9.59 Å². The molecule has 3 unspecified atom stereocenters. The molecule has 1 fully saturated rings. The number of hydrogen-bond acceptors (Lipinski definition) is 3. The van der Waals surface area contributed by atoms with Gasteiger partial charge in [0, 0.05) is 5.41 Å². The SMILES string of the molecule is CC(NC(=O)C(C)(C)C)C(=O)NC1CCCCC1O. The Morgan fingerprint density at radius 3 is 2.32 bits per heavy atom. The summed E-state index contributed by atoms with van der Waals surface area (Å²) < 4.78 is 0. The number of aliphatic hydroxyl groups excluding tert-OH is 1. The van der Waals surface area contributed by atoms with E-state index < -0.39 is 17.6 Å². The van der Waals surface area contributed by atoms with Crippen LogP contribution in [0.1, 0.15) is 53.4 Å². The molecule has 3 atom stereocenters. The molecular formula is C14H26N2O3. The number of aliphatic hydroxyl groups is 1. The second-order valence-corrected chi connectivity index (χ2v) is 6.41. The molecule has 0 aliphatic heterocycles. The van der Waals surface area contributed by atoms with Crippen molar-refractivity contribution in [2.45, 2.75) is 71.6 Å². The molecular weight excluding hydrogens is 244 g/mol. The highest BCUT2D eigenvalue weighted by molar-refractivity contribution is 5.89. The van der Waals surface area contributed by atoms with E-state index in [0.29, 0.717) is 0 Å². The van der Waals surface area contributed by atoms with Crippen LogP contribution in [0.2, 0.25) is 0 Å². The van der Waals surface area contributed by atoms with Crippen LogP contribution in [0.4, 0.5) is 0 Å². The van der Waals surface area contributed by atoms with E-state index in [1.807, 2.05) is 0 Å². The van der Waals surface area contributed by atoms with Crippen LogP contribution in [0.25, 0.3) is 0 Å². The summed E-state index contributed by atoms with van der Waals surface area (Å²) in [5, 5.41) is 15.3. The molecule has 19 heavy (non-hydrogen) atoms. The van der Waals surface area contributed by atoms with Gasteiger partial charge in [0.1, 0.15) is 6.04 Å². The van der Waals surface area contributed by atoms with Crippen molar-refractivity contribution in [2.75, 3.05) is 0 Å². The molecule has 5 nitrogen and oxygen atoms in total. The number of carbonyl (C=O) groups is 2. The largest absolute Gasteiger partial charge is 0.391 e. The van der Waals surface area contributed by atoms with Crippen molar-refractivity contribution < 1.29 is 14.7 Å². The van der Waals surface area contributed by atoms with Crippen LogP contribution in [0.5, 0.6) is 0 Å². The second kappa shape index (κ2) is 6.37. The first-order valence-electron chi connectivity index (χ1n) is 7.01. The third-order valence-corrected chi connectivity index (χ3v) is 3.48. The highest BCUT2D eigenvalue weighted by atomic mass is 16.3. The van der Waals surface area contributed by atoms with Crippen molar-refractivity contribution in [1.29, 1.82) is 0 Å². The maximum Gasteiger partial charge on any atom is 0.242 e. The average Bonchev–Trinajstić information content (AvgIpc) is 2.30. The summed E-state index contributed by atoms with van der Waals surface area (Å²) in [5.41, 5.74) is -0.515. The zero-order valence-electron chi connectivity index (χ0n) is 12.3. The highest BCUT2D eigenvalue weighted by Crippen LogP contribution is 2.18. The van der Waals surface area contributed by atoms with Gasteiger partial charge >= 0.3 is 0 Å². The van der Waals surface area contributed by atoms with Gasteiger partial charge in [0.2, 0.25) is 11.8 Å². The minimum Gasteiger partial charge on any atom is -0.391 e. The van der Waals surface area contributed by atoms with Gasteiger partial charge in [-0.1, -0.05) is 33.6 Å². The Labute approximate surface area is 115 Å². The summed E-state index contributed by atoms with van der Waals surface area (Å²) in [6, 6.07) is -0.768. The summed E-state index contributed by atoms with van der Waals surface area (Å²) >= 11 is 0. The number of amides is 2. The molecule has 0 spiro atoms. The first-order valence-corrected chi connectivity index (χ1v) is 7.01. The summed E-state index contributed by atoms with van der Waals surface area (Å²) in [7, 11) is 0. The number of nitrogens with one attached hydrogen (secondary N) is 2. The lowest BCUT2D eigenvalue weighted by Gasteiger charge is -2.30. The monoisotopic (exact) mass is 270 g/mol. The van der Waals surface area contributed by atoms with Gasteiger partial charge in [0.05, 0.1) is 12.1 Å². The van der Waals surface area contributed by atoms with E-state index in [9.17, 15) is 14.7 Å². The van der Waals surface area contributed by atoms with Crippen molar-refractivity contribution in [3.63, 3.8) is 0 Å². The van der Waals surface area contributed by atoms with Crippen molar-refractivity contribution in [1.82, 2.24) is 10.6 Å². The number of carbonyl (C=O) groups excluding carboxylic acids is 2. The van der Waals surface area contributed by atoms with Gasteiger partial charge in [-0.3, -0.25) is 9.59 Å². The van der Waals surface area contributed by atoms with E-state index >= 15 is 0 Å². The number of hydrogen-bond donors (Lipinski definition) is 3. The van der Waals surface area contributed by atoms with Gasteiger partial charge in [-0.05, 0) is 19.8 Å². The van der Waals surface area contributed by atoms with E-state index in [1.165, 1.54) is 0 Å². The maximum absolute atomic E-state index is 12.0. The minimum atomic E-state index is -0.583. The first-order chi connectivity index (χ1) is 8.71. The summed E-state index contributed by atoms with van der Waals surface area (Å²) in [6.07, 6.45) is 3.08. The molecule has 0 radical (unpaired) electrons. The van der Waals surface area contributed by atoms with Crippen molar-refractivity contribution in [2.24, 2.45) is 5.41 Å². The van der Waals surface area contributed by atoms with E-state index in [2.05, 4.69) is 10.6 Å². The smallest absolute Gasteiger partial charge is 0.242 e. The van der Waals surface area contributed by atoms with Gasteiger partial charge < -0.3 is 15.7 Å². The van der Waals surface area contributed by atoms with Crippen LogP contribution >= 0.6 is 0 Å². The van der Waals surface area contributed by atoms with Crippen LogP contribution in [0, 0.1) is 5.41 Å². The molecule has 1 aliphatic carbocycles. The fraction of sp³-hybridized carbons (Fsp3) is 0.857. The molecule has 110 valence electrons. The molecule has 1 aliphatic rings. The zero-order valence-corrected chi connectivity index (χ0v) is 12.3. The first kappa shape index (κ1) is 16.0. The third-order valence-electron chi connectivity index (χ3n) is 3.48. The predicted octanol–water partition coefficient (Wildman–Crippen LogP) is 0.957. The van der Waals surface area contributed by atoms with Crippen LogP contribution in [0.15, 0.2) is 0 Å². The standard InChI is InChI=1S/C14H26N2O3/c1-9(15-13(19)14(2,3)4)12(18)16-10-7-5-6-8-11(10)17/h9-11,17H,5-8H2,1-4H3,(H,15,19)(H,16,18). The molecule has 2 amide bonds. The fourth-order valence-electron chi connectivity index (χ4n) is 2.07. The Hall–Kier alpha value is -1.10. The van der Waals surface area contributed by atoms with E-state index in [4.69, 9.17) is 0 Å². The van der Waals surface area contributed by atoms with Gasteiger partial charge in [0.15, 0.2) is 0 Å². The van der Waals surface area contributed by atoms with Crippen LogP contribution in [0.3, 0.4) is 0 Å². The average molecular weight is 270 g/mol. The Morgan fingerprint density at radius 2 is 1.79 bits per heavy atom. The van der Waals surface area contributed by atoms with Crippen LogP contribution in [-0.4, -0.2) is 35.1 Å². The fourth-order valence-corrected chi connectivity index (χ4v) is 2.07. The van der Waals surface area contributed by atoms with Crippen molar-refractivity contribution in [3.05, 3.63) is 0 Å². The molecule has 0 aromatic carbocycles. The third kappa shape index (κ3) is 4.82. The Kier molecular flexibility index (Phi) is 5.35. The van der Waals surface area contributed by atoms with Gasteiger partial charge in [-0.2, -0.15) is 0 Å². The highest BCUT2D eigenvalue weighted by Gasteiger charge is 2.28. The minimum absolute atomic E-state index is 0.153. The molecule has 0 aromatic heterocycles. The molecule has 0 saturated heterocycles. The maximum atomic E-state index is 12.0. The quantitative estimate of drug-likeness (QED) is 0.714. The molecule has 0 heterocycles. The Balaban J connectivity index is 2.46. The van der Waals surface area contributed by atoms with Crippen LogP contribution < -0.4 is 10.6 Å². The molecule has 0 bridgehead atoms. The molecule has 3 N–H and O–H groups in total. The van der Waals surface area contributed by atoms with E-state index in [0.717, 1.165) is 25.7 Å². The topological polar surface area (TPSA) is 78.4 Å². The van der Waals surface area contributed by atoms with E-state index in [1.54, 1.807) is 27.7 Å². The molecule has 1 saturated carbocycles. The normalized spacial score (nSPS) is 25.5. The molecule has 1 rings (SSSR count).